The number of hydrogen-bond donors (Lipinski definition) is 1. The molecule has 1 saturated heterocycles. The summed E-state index contributed by atoms with van der Waals surface area (Å²) in [5.74, 6) is 1.89. The SMILES string of the molecule is CCNCc1cccc(OCCN2CCC(CC)C2)c1. The summed E-state index contributed by atoms with van der Waals surface area (Å²) in [4.78, 5) is 2.52. The fraction of sp³-hybridized carbons (Fsp3) is 0.647. The average Bonchev–Trinajstić information content (AvgIpc) is 2.93. The highest BCUT2D eigenvalue weighted by atomic mass is 16.5. The topological polar surface area (TPSA) is 24.5 Å². The van der Waals surface area contributed by atoms with E-state index in [2.05, 4.69) is 42.3 Å². The molecular weight excluding hydrogens is 248 g/mol. The molecule has 112 valence electrons. The molecule has 20 heavy (non-hydrogen) atoms. The Morgan fingerprint density at radius 2 is 2.25 bits per heavy atom. The molecule has 0 radical (unpaired) electrons. The minimum absolute atomic E-state index is 0.793. The number of hydrogen-bond acceptors (Lipinski definition) is 3. The second-order valence-electron chi connectivity index (χ2n) is 5.64. The van der Waals surface area contributed by atoms with Crippen LogP contribution in [0.5, 0.6) is 5.75 Å². The largest absolute Gasteiger partial charge is 0.492 e. The van der Waals surface area contributed by atoms with E-state index in [1.54, 1.807) is 0 Å². The molecule has 1 heterocycles. The van der Waals surface area contributed by atoms with Crippen molar-refractivity contribution < 1.29 is 4.74 Å². The summed E-state index contributed by atoms with van der Waals surface area (Å²) in [7, 11) is 0. The molecule has 0 saturated carbocycles. The molecule has 3 heteroatoms. The average molecular weight is 276 g/mol. The molecule has 1 aromatic rings. The molecule has 0 bridgehead atoms. The quantitative estimate of drug-likeness (QED) is 0.790. The molecule has 3 nitrogen and oxygen atoms in total. The van der Waals surface area contributed by atoms with Crippen LogP contribution in [0.3, 0.4) is 0 Å². The second kappa shape index (κ2) is 8.28. The molecule has 0 spiro atoms. The second-order valence-corrected chi connectivity index (χ2v) is 5.64. The summed E-state index contributed by atoms with van der Waals surface area (Å²) in [6.45, 7) is 10.7. The van der Waals surface area contributed by atoms with Gasteiger partial charge in [-0.2, -0.15) is 0 Å². The first-order chi connectivity index (χ1) is 9.81. The predicted molar refractivity (Wildman–Crippen MR) is 84.2 cm³/mol. The van der Waals surface area contributed by atoms with E-state index in [0.717, 1.165) is 37.9 Å². The number of ether oxygens (including phenoxy) is 1. The lowest BCUT2D eigenvalue weighted by atomic mass is 10.1. The molecule has 1 unspecified atom stereocenters. The van der Waals surface area contributed by atoms with E-state index in [9.17, 15) is 0 Å². The number of likely N-dealkylation sites (tertiary alicyclic amines) is 1. The lowest BCUT2D eigenvalue weighted by Crippen LogP contribution is -2.26. The Balaban J connectivity index is 1.71. The van der Waals surface area contributed by atoms with Crippen LogP contribution in [0.1, 0.15) is 32.3 Å². The summed E-state index contributed by atoms with van der Waals surface area (Å²) in [5.41, 5.74) is 1.29. The van der Waals surface area contributed by atoms with Gasteiger partial charge in [0, 0.05) is 19.6 Å². The van der Waals surface area contributed by atoms with Gasteiger partial charge >= 0.3 is 0 Å². The predicted octanol–water partition coefficient (Wildman–Crippen LogP) is 2.91. The van der Waals surface area contributed by atoms with Crippen LogP contribution in [-0.4, -0.2) is 37.7 Å². The summed E-state index contributed by atoms with van der Waals surface area (Å²) in [6, 6.07) is 8.41. The Morgan fingerprint density at radius 3 is 3.00 bits per heavy atom. The van der Waals surface area contributed by atoms with Crippen molar-refractivity contribution in [2.75, 3.05) is 32.8 Å². The van der Waals surface area contributed by atoms with Crippen LogP contribution in [0, 0.1) is 5.92 Å². The number of benzene rings is 1. The summed E-state index contributed by atoms with van der Waals surface area (Å²) in [5, 5.41) is 3.34. The van der Waals surface area contributed by atoms with Gasteiger partial charge in [-0.1, -0.05) is 32.4 Å². The van der Waals surface area contributed by atoms with Gasteiger partial charge in [0.05, 0.1) is 0 Å². The first-order valence-corrected chi connectivity index (χ1v) is 7.96. The lowest BCUT2D eigenvalue weighted by Gasteiger charge is -2.16. The normalized spacial score (nSPS) is 19.4. The van der Waals surface area contributed by atoms with Crippen LogP contribution in [0.2, 0.25) is 0 Å². The van der Waals surface area contributed by atoms with E-state index < -0.39 is 0 Å². The molecule has 1 fully saturated rings. The van der Waals surface area contributed by atoms with Gasteiger partial charge < -0.3 is 10.1 Å². The van der Waals surface area contributed by atoms with Crippen molar-refractivity contribution in [1.29, 1.82) is 0 Å². The lowest BCUT2D eigenvalue weighted by molar-refractivity contribution is 0.232. The van der Waals surface area contributed by atoms with Gasteiger partial charge in [-0.05, 0) is 43.1 Å². The molecule has 0 aliphatic carbocycles. The van der Waals surface area contributed by atoms with E-state index in [1.807, 2.05) is 6.07 Å². The van der Waals surface area contributed by atoms with Gasteiger partial charge in [0.2, 0.25) is 0 Å². The minimum atomic E-state index is 0.793. The van der Waals surface area contributed by atoms with Crippen molar-refractivity contribution in [3.05, 3.63) is 29.8 Å². The molecule has 0 aromatic heterocycles. The van der Waals surface area contributed by atoms with Crippen molar-refractivity contribution in [2.45, 2.75) is 33.2 Å². The van der Waals surface area contributed by atoms with Crippen molar-refractivity contribution >= 4 is 0 Å². The Morgan fingerprint density at radius 1 is 1.35 bits per heavy atom. The third kappa shape index (κ3) is 4.80. The fourth-order valence-corrected chi connectivity index (χ4v) is 2.76. The molecular formula is C17H28N2O. The minimum Gasteiger partial charge on any atom is -0.492 e. The van der Waals surface area contributed by atoms with Crippen LogP contribution in [0.15, 0.2) is 24.3 Å². The van der Waals surface area contributed by atoms with Crippen LogP contribution < -0.4 is 10.1 Å². The van der Waals surface area contributed by atoms with E-state index in [-0.39, 0.29) is 0 Å². The van der Waals surface area contributed by atoms with Crippen molar-refractivity contribution in [2.24, 2.45) is 5.92 Å². The van der Waals surface area contributed by atoms with Gasteiger partial charge in [-0.25, -0.2) is 0 Å². The van der Waals surface area contributed by atoms with Gasteiger partial charge in [0.1, 0.15) is 12.4 Å². The first-order valence-electron chi connectivity index (χ1n) is 7.96. The Labute approximate surface area is 123 Å². The molecule has 0 amide bonds. The van der Waals surface area contributed by atoms with Crippen LogP contribution >= 0.6 is 0 Å². The maximum absolute atomic E-state index is 5.89. The zero-order valence-corrected chi connectivity index (χ0v) is 12.9. The third-order valence-corrected chi connectivity index (χ3v) is 4.10. The highest BCUT2D eigenvalue weighted by Crippen LogP contribution is 2.19. The van der Waals surface area contributed by atoms with Gasteiger partial charge in [0.25, 0.3) is 0 Å². The molecule has 1 aliphatic rings. The summed E-state index contributed by atoms with van der Waals surface area (Å²) in [6.07, 6.45) is 2.67. The van der Waals surface area contributed by atoms with E-state index in [1.165, 1.54) is 31.5 Å². The van der Waals surface area contributed by atoms with Crippen LogP contribution in [0.4, 0.5) is 0 Å². The molecule has 1 aromatic carbocycles. The Hall–Kier alpha value is -1.06. The Bertz CT molecular complexity index is 394. The zero-order valence-electron chi connectivity index (χ0n) is 12.9. The molecule has 1 aliphatic heterocycles. The number of nitrogens with one attached hydrogen (secondary N) is 1. The summed E-state index contributed by atoms with van der Waals surface area (Å²) >= 11 is 0. The van der Waals surface area contributed by atoms with Gasteiger partial charge in [-0.3, -0.25) is 4.90 Å². The fourth-order valence-electron chi connectivity index (χ4n) is 2.76. The van der Waals surface area contributed by atoms with Crippen LogP contribution in [-0.2, 0) is 6.54 Å². The number of nitrogens with zero attached hydrogens (tertiary/aromatic N) is 1. The maximum atomic E-state index is 5.89. The molecule has 2 rings (SSSR count). The van der Waals surface area contributed by atoms with Crippen molar-refractivity contribution in [1.82, 2.24) is 10.2 Å². The first kappa shape index (κ1) is 15.3. The molecule has 1 N–H and O–H groups in total. The van der Waals surface area contributed by atoms with Crippen LogP contribution in [0.25, 0.3) is 0 Å². The monoisotopic (exact) mass is 276 g/mol. The number of rotatable bonds is 8. The van der Waals surface area contributed by atoms with E-state index >= 15 is 0 Å². The van der Waals surface area contributed by atoms with Crippen molar-refractivity contribution in [3.63, 3.8) is 0 Å². The third-order valence-electron chi connectivity index (χ3n) is 4.10. The highest BCUT2D eigenvalue weighted by molar-refractivity contribution is 5.28. The molecule has 1 atom stereocenters. The van der Waals surface area contributed by atoms with Gasteiger partial charge in [-0.15, -0.1) is 0 Å². The van der Waals surface area contributed by atoms with E-state index in [4.69, 9.17) is 4.74 Å². The van der Waals surface area contributed by atoms with Gasteiger partial charge in [0.15, 0.2) is 0 Å². The Kier molecular flexibility index (Phi) is 6.34. The summed E-state index contributed by atoms with van der Waals surface area (Å²) < 4.78 is 5.89. The maximum Gasteiger partial charge on any atom is 0.119 e. The standard InChI is InChI=1S/C17H28N2O/c1-3-15-8-9-19(14-15)10-11-20-17-7-5-6-16(12-17)13-18-4-2/h5-7,12,15,18H,3-4,8-11,13-14H2,1-2H3. The zero-order chi connectivity index (χ0) is 14.2. The van der Waals surface area contributed by atoms with Crippen molar-refractivity contribution in [3.8, 4) is 5.75 Å². The van der Waals surface area contributed by atoms with E-state index in [0.29, 0.717) is 0 Å². The smallest absolute Gasteiger partial charge is 0.119 e. The highest BCUT2D eigenvalue weighted by Gasteiger charge is 2.20.